The molecule has 0 radical (unpaired) electrons. The number of ether oxygens (including phenoxy) is 1. The van der Waals surface area contributed by atoms with Crippen LogP contribution >= 0.6 is 11.6 Å². The second-order valence-corrected chi connectivity index (χ2v) is 9.58. The fourth-order valence-electron chi connectivity index (χ4n) is 3.64. The van der Waals surface area contributed by atoms with Gasteiger partial charge in [0.2, 0.25) is 0 Å². The lowest BCUT2D eigenvalue weighted by Gasteiger charge is -2.28. The maximum atomic E-state index is 12.5. The predicted octanol–water partition coefficient (Wildman–Crippen LogP) is 5.72. The molecule has 0 aliphatic carbocycles. The monoisotopic (exact) mass is 442 g/mol. The Morgan fingerprint density at radius 2 is 1.77 bits per heavy atom. The minimum Gasteiger partial charge on any atom is -0.487 e. The van der Waals surface area contributed by atoms with Crippen molar-refractivity contribution in [1.82, 2.24) is 0 Å². The Morgan fingerprint density at radius 1 is 1.03 bits per heavy atom. The summed E-state index contributed by atoms with van der Waals surface area (Å²) in [4.78, 5) is 0.146. The molecule has 1 aliphatic heterocycles. The smallest absolute Gasteiger partial charge is 0.297 e. The van der Waals surface area contributed by atoms with Gasteiger partial charge in [0.1, 0.15) is 18.5 Å². The summed E-state index contributed by atoms with van der Waals surface area (Å²) < 4.78 is 36.6. The molecule has 0 aromatic heterocycles. The van der Waals surface area contributed by atoms with E-state index in [2.05, 4.69) is 0 Å². The van der Waals surface area contributed by atoms with Gasteiger partial charge in [0, 0.05) is 5.56 Å². The van der Waals surface area contributed by atoms with Crippen LogP contribution in [-0.4, -0.2) is 21.1 Å². The predicted molar refractivity (Wildman–Crippen MR) is 119 cm³/mol. The Kier molecular flexibility index (Phi) is 5.87. The van der Waals surface area contributed by atoms with Crippen LogP contribution in [0.2, 0.25) is 5.02 Å². The van der Waals surface area contributed by atoms with E-state index < -0.39 is 10.1 Å². The van der Waals surface area contributed by atoms with Crippen LogP contribution in [0.15, 0.2) is 65.6 Å². The van der Waals surface area contributed by atoms with Crippen molar-refractivity contribution in [2.24, 2.45) is 0 Å². The Bertz CT molecular complexity index is 1170. The summed E-state index contributed by atoms with van der Waals surface area (Å²) in [6.07, 6.45) is 1.06. The Labute approximate surface area is 182 Å². The summed E-state index contributed by atoms with van der Waals surface area (Å²) >= 11 is 6.55. The standard InChI is InChI=1S/C24H23ClO4S/c1-16-7-12-20(13-8-16)30(26,27)28-15-19-11-9-18-10-14-22(25)23(24(18)29-19)21-6-4-3-5-17(21)2/h3-8,10,12-14,19H,9,11,15H2,1-2H3/t19-/m1/s1. The van der Waals surface area contributed by atoms with Crippen LogP contribution in [0, 0.1) is 13.8 Å². The van der Waals surface area contributed by atoms with Crippen molar-refractivity contribution in [1.29, 1.82) is 0 Å². The lowest BCUT2D eigenvalue weighted by molar-refractivity contribution is 0.113. The van der Waals surface area contributed by atoms with E-state index in [1.807, 2.05) is 50.2 Å². The van der Waals surface area contributed by atoms with Gasteiger partial charge in [-0.2, -0.15) is 8.42 Å². The molecule has 6 heteroatoms. The van der Waals surface area contributed by atoms with Crippen molar-refractivity contribution >= 4 is 21.7 Å². The van der Waals surface area contributed by atoms with Crippen molar-refractivity contribution in [2.45, 2.75) is 37.7 Å². The first-order valence-corrected chi connectivity index (χ1v) is 11.6. The number of fused-ring (bicyclic) bond motifs is 1. The fraction of sp³-hybridized carbons (Fsp3) is 0.250. The van der Waals surface area contributed by atoms with Gasteiger partial charge in [0.25, 0.3) is 10.1 Å². The number of benzene rings is 3. The second kappa shape index (κ2) is 8.42. The molecule has 0 unspecified atom stereocenters. The summed E-state index contributed by atoms with van der Waals surface area (Å²) in [5.41, 5.74) is 5.00. The summed E-state index contributed by atoms with van der Waals surface area (Å²) in [5.74, 6) is 0.712. The van der Waals surface area contributed by atoms with Gasteiger partial charge in [-0.3, -0.25) is 4.18 Å². The molecule has 0 fully saturated rings. The van der Waals surface area contributed by atoms with E-state index in [4.69, 9.17) is 20.5 Å². The second-order valence-electron chi connectivity index (χ2n) is 7.56. The molecular formula is C24H23ClO4S. The fourth-order valence-corrected chi connectivity index (χ4v) is 4.82. The molecule has 0 amide bonds. The van der Waals surface area contributed by atoms with Gasteiger partial charge in [-0.25, -0.2) is 0 Å². The van der Waals surface area contributed by atoms with Crippen molar-refractivity contribution in [3.05, 3.63) is 82.4 Å². The third-order valence-corrected chi connectivity index (χ3v) is 6.95. The van der Waals surface area contributed by atoms with Gasteiger partial charge in [0.15, 0.2) is 0 Å². The highest BCUT2D eigenvalue weighted by Gasteiger charge is 2.27. The third-order valence-electron chi connectivity index (χ3n) is 5.34. The van der Waals surface area contributed by atoms with Crippen molar-refractivity contribution in [2.75, 3.05) is 6.61 Å². The van der Waals surface area contributed by atoms with E-state index in [0.717, 1.165) is 34.2 Å². The van der Waals surface area contributed by atoms with Crippen molar-refractivity contribution < 1.29 is 17.3 Å². The first-order valence-electron chi connectivity index (χ1n) is 9.85. The zero-order chi connectivity index (χ0) is 21.3. The highest BCUT2D eigenvalue weighted by Crippen LogP contribution is 2.43. The molecule has 1 atom stereocenters. The zero-order valence-electron chi connectivity index (χ0n) is 16.9. The number of halogens is 1. The summed E-state index contributed by atoms with van der Waals surface area (Å²) in [7, 11) is -3.84. The molecule has 3 aromatic carbocycles. The van der Waals surface area contributed by atoms with Gasteiger partial charge in [-0.1, -0.05) is 59.6 Å². The summed E-state index contributed by atoms with van der Waals surface area (Å²) in [5, 5.41) is 0.608. The molecule has 0 bridgehead atoms. The Balaban J connectivity index is 1.57. The van der Waals surface area contributed by atoms with Gasteiger partial charge in [0.05, 0.1) is 9.92 Å². The molecule has 30 heavy (non-hydrogen) atoms. The van der Waals surface area contributed by atoms with Gasteiger partial charge in [-0.15, -0.1) is 0 Å². The molecule has 4 nitrogen and oxygen atoms in total. The normalized spacial score (nSPS) is 16.0. The molecule has 0 spiro atoms. The molecule has 3 aromatic rings. The quantitative estimate of drug-likeness (QED) is 0.474. The van der Waals surface area contributed by atoms with Gasteiger partial charge in [-0.05, 0) is 61.6 Å². The maximum absolute atomic E-state index is 12.5. The Morgan fingerprint density at radius 3 is 2.50 bits per heavy atom. The van der Waals surface area contributed by atoms with Crippen LogP contribution in [0.1, 0.15) is 23.1 Å². The van der Waals surface area contributed by atoms with Gasteiger partial charge < -0.3 is 4.74 Å². The first-order chi connectivity index (χ1) is 14.3. The maximum Gasteiger partial charge on any atom is 0.297 e. The van der Waals surface area contributed by atoms with E-state index in [1.165, 1.54) is 0 Å². The van der Waals surface area contributed by atoms with Crippen LogP contribution < -0.4 is 4.74 Å². The van der Waals surface area contributed by atoms with Crippen LogP contribution in [0.25, 0.3) is 11.1 Å². The Hall–Kier alpha value is -2.34. The highest BCUT2D eigenvalue weighted by atomic mass is 35.5. The van der Waals surface area contributed by atoms with Crippen LogP contribution in [-0.2, 0) is 20.7 Å². The van der Waals surface area contributed by atoms with E-state index in [-0.39, 0.29) is 17.6 Å². The average Bonchev–Trinajstić information content (AvgIpc) is 2.73. The van der Waals surface area contributed by atoms with Crippen LogP contribution in [0.5, 0.6) is 5.75 Å². The van der Waals surface area contributed by atoms with Crippen LogP contribution in [0.4, 0.5) is 0 Å². The highest BCUT2D eigenvalue weighted by molar-refractivity contribution is 7.86. The molecule has 0 saturated heterocycles. The molecule has 0 saturated carbocycles. The van der Waals surface area contributed by atoms with Crippen LogP contribution in [0.3, 0.4) is 0 Å². The molecule has 1 aliphatic rings. The van der Waals surface area contributed by atoms with Crippen molar-refractivity contribution in [3.8, 4) is 16.9 Å². The largest absolute Gasteiger partial charge is 0.487 e. The topological polar surface area (TPSA) is 52.6 Å². The van der Waals surface area contributed by atoms with E-state index in [0.29, 0.717) is 17.2 Å². The molecular weight excluding hydrogens is 420 g/mol. The number of hydrogen-bond acceptors (Lipinski definition) is 4. The number of hydrogen-bond donors (Lipinski definition) is 0. The van der Waals surface area contributed by atoms with E-state index >= 15 is 0 Å². The van der Waals surface area contributed by atoms with Crippen molar-refractivity contribution in [3.63, 3.8) is 0 Å². The zero-order valence-corrected chi connectivity index (χ0v) is 18.5. The summed E-state index contributed by atoms with van der Waals surface area (Å²) in [6, 6.07) is 18.5. The summed E-state index contributed by atoms with van der Waals surface area (Å²) in [6.45, 7) is 3.89. The average molecular weight is 443 g/mol. The molecule has 4 rings (SSSR count). The van der Waals surface area contributed by atoms with E-state index in [9.17, 15) is 8.42 Å². The minimum atomic E-state index is -3.84. The SMILES string of the molecule is Cc1ccc(S(=O)(=O)OC[C@H]2CCc3ccc(Cl)c(-c4ccccc4C)c3O2)cc1. The lowest BCUT2D eigenvalue weighted by atomic mass is 9.93. The van der Waals surface area contributed by atoms with Gasteiger partial charge >= 0.3 is 0 Å². The lowest BCUT2D eigenvalue weighted by Crippen LogP contribution is -2.29. The molecule has 0 N–H and O–H groups in total. The van der Waals surface area contributed by atoms with E-state index in [1.54, 1.807) is 24.3 Å². The number of aryl methyl sites for hydroxylation is 3. The molecule has 156 valence electrons. The minimum absolute atomic E-state index is 0.0463. The number of rotatable bonds is 5. The third kappa shape index (κ3) is 4.24. The molecule has 1 heterocycles. The first kappa shape index (κ1) is 20.9.